The zero-order valence-corrected chi connectivity index (χ0v) is 15.1. The number of likely N-dealkylation sites (tertiary alicyclic amines) is 1. The van der Waals surface area contributed by atoms with E-state index in [1.807, 2.05) is 35.1 Å². The summed E-state index contributed by atoms with van der Waals surface area (Å²) >= 11 is 1.67. The van der Waals surface area contributed by atoms with Crippen molar-refractivity contribution in [3.63, 3.8) is 0 Å². The second-order valence-corrected chi connectivity index (χ2v) is 7.69. The third-order valence-electron chi connectivity index (χ3n) is 4.81. The lowest BCUT2D eigenvalue weighted by molar-refractivity contribution is 0.218. The Labute approximate surface area is 151 Å². The van der Waals surface area contributed by atoms with Gasteiger partial charge < -0.3 is 4.90 Å². The summed E-state index contributed by atoms with van der Waals surface area (Å²) in [5, 5.41) is 2.97. The van der Waals surface area contributed by atoms with Gasteiger partial charge in [-0.1, -0.05) is 36.8 Å². The van der Waals surface area contributed by atoms with Crippen molar-refractivity contribution in [2.24, 2.45) is 0 Å². The normalized spacial score (nSPS) is 15.5. The van der Waals surface area contributed by atoms with E-state index in [0.29, 0.717) is 0 Å². The highest BCUT2D eigenvalue weighted by Crippen LogP contribution is 2.32. The van der Waals surface area contributed by atoms with Gasteiger partial charge in [0.1, 0.15) is 0 Å². The maximum atomic E-state index is 12.4. The second-order valence-electron chi connectivity index (χ2n) is 6.61. The molecular weight excluding hydrogens is 330 g/mol. The Morgan fingerprint density at radius 2 is 1.68 bits per heavy atom. The summed E-state index contributed by atoms with van der Waals surface area (Å²) in [6, 6.07) is 14.4. The van der Waals surface area contributed by atoms with Gasteiger partial charge in [-0.3, -0.25) is 14.6 Å². The minimum atomic E-state index is 0.0000980. The molecule has 3 aromatic rings. The first-order chi connectivity index (χ1) is 12.3. The summed E-state index contributed by atoms with van der Waals surface area (Å²) in [7, 11) is 0. The topological polar surface area (TPSA) is 41.0 Å². The molecule has 0 spiro atoms. The first-order valence-corrected chi connectivity index (χ1v) is 9.79. The van der Waals surface area contributed by atoms with Crippen LogP contribution in [-0.2, 0) is 6.54 Å². The Morgan fingerprint density at radius 3 is 2.48 bits per heavy atom. The predicted octanol–water partition coefficient (Wildman–Crippen LogP) is 4.06. The summed E-state index contributed by atoms with van der Waals surface area (Å²) in [5.74, 6) is 0. The summed E-state index contributed by atoms with van der Waals surface area (Å²) in [6.07, 6.45) is 5.91. The highest BCUT2D eigenvalue weighted by Gasteiger charge is 2.13. The maximum absolute atomic E-state index is 12.4. The van der Waals surface area contributed by atoms with Gasteiger partial charge in [-0.25, -0.2) is 0 Å². The van der Waals surface area contributed by atoms with Gasteiger partial charge >= 0.3 is 0 Å². The fourth-order valence-corrected chi connectivity index (χ4v) is 4.42. The quantitative estimate of drug-likeness (QED) is 0.751. The molecule has 1 saturated heterocycles. The van der Waals surface area contributed by atoms with E-state index in [0.717, 1.165) is 23.5 Å². The molecule has 1 N–H and O–H groups in total. The highest BCUT2D eigenvalue weighted by atomic mass is 32.1. The van der Waals surface area contributed by atoms with Crippen molar-refractivity contribution in [2.75, 3.05) is 19.6 Å². The molecule has 2 aromatic heterocycles. The number of rotatable bonds is 5. The van der Waals surface area contributed by atoms with Crippen LogP contribution in [0.3, 0.4) is 0 Å². The van der Waals surface area contributed by atoms with Crippen molar-refractivity contribution in [1.82, 2.24) is 14.7 Å². The Kier molecular flexibility index (Phi) is 4.85. The molecule has 0 atom stereocenters. The van der Waals surface area contributed by atoms with Gasteiger partial charge in [0.05, 0.1) is 12.1 Å². The van der Waals surface area contributed by atoms with Crippen molar-refractivity contribution in [3.8, 4) is 20.9 Å². The van der Waals surface area contributed by atoms with E-state index < -0.39 is 0 Å². The molecule has 0 amide bonds. The second kappa shape index (κ2) is 7.42. The molecular formula is C20H23N3OS. The van der Waals surface area contributed by atoms with Crippen LogP contribution < -0.4 is 5.56 Å². The summed E-state index contributed by atoms with van der Waals surface area (Å²) < 4.78 is 1.94. The number of thiophene rings is 1. The molecule has 0 unspecified atom stereocenters. The van der Waals surface area contributed by atoms with E-state index in [9.17, 15) is 4.79 Å². The Bertz CT molecular complexity index is 872. The smallest absolute Gasteiger partial charge is 0.272 e. The fourth-order valence-electron chi connectivity index (χ4n) is 3.41. The third kappa shape index (κ3) is 3.78. The van der Waals surface area contributed by atoms with E-state index in [2.05, 4.69) is 28.2 Å². The van der Waals surface area contributed by atoms with E-state index >= 15 is 0 Å². The highest BCUT2D eigenvalue weighted by molar-refractivity contribution is 7.18. The minimum absolute atomic E-state index is 0.0000980. The summed E-state index contributed by atoms with van der Waals surface area (Å²) in [6.45, 7) is 4.21. The zero-order valence-electron chi connectivity index (χ0n) is 14.3. The lowest BCUT2D eigenvalue weighted by Crippen LogP contribution is -2.32. The number of hydrogen-bond acceptors (Lipinski definition) is 3. The molecule has 0 saturated carbocycles. The number of H-pyrrole nitrogens is 1. The van der Waals surface area contributed by atoms with Crippen molar-refractivity contribution in [2.45, 2.75) is 25.8 Å². The van der Waals surface area contributed by atoms with Crippen molar-refractivity contribution in [3.05, 3.63) is 59.0 Å². The van der Waals surface area contributed by atoms with Crippen LogP contribution in [0.4, 0.5) is 0 Å². The molecule has 130 valence electrons. The summed E-state index contributed by atoms with van der Waals surface area (Å²) in [4.78, 5) is 17.1. The first-order valence-electron chi connectivity index (χ1n) is 8.97. The molecule has 3 heterocycles. The van der Waals surface area contributed by atoms with Crippen LogP contribution in [0.15, 0.2) is 53.5 Å². The lowest BCUT2D eigenvalue weighted by atomic mass is 10.1. The first kappa shape index (κ1) is 16.4. The van der Waals surface area contributed by atoms with Crippen LogP contribution in [0.1, 0.15) is 19.3 Å². The maximum Gasteiger partial charge on any atom is 0.272 e. The van der Waals surface area contributed by atoms with Gasteiger partial charge in [-0.05, 0) is 43.6 Å². The molecule has 0 aliphatic carbocycles. The molecule has 1 fully saturated rings. The lowest BCUT2D eigenvalue weighted by Gasteiger charge is -2.26. The average molecular weight is 353 g/mol. The largest absolute Gasteiger partial charge is 0.302 e. The molecule has 4 nitrogen and oxygen atoms in total. The van der Waals surface area contributed by atoms with Crippen molar-refractivity contribution in [1.29, 1.82) is 0 Å². The fraction of sp³-hybridized carbons (Fsp3) is 0.350. The molecule has 5 heteroatoms. The number of aromatic nitrogens is 2. The van der Waals surface area contributed by atoms with Crippen molar-refractivity contribution >= 4 is 11.3 Å². The molecule has 1 aromatic carbocycles. The molecule has 0 radical (unpaired) electrons. The Morgan fingerprint density at radius 1 is 0.920 bits per heavy atom. The molecule has 25 heavy (non-hydrogen) atoms. The molecule has 1 aliphatic rings. The third-order valence-corrected chi connectivity index (χ3v) is 5.98. The molecule has 1 aliphatic heterocycles. The number of aromatic amines is 1. The van der Waals surface area contributed by atoms with E-state index in [1.54, 1.807) is 11.3 Å². The van der Waals surface area contributed by atoms with Gasteiger partial charge in [0.2, 0.25) is 0 Å². The molecule has 4 rings (SSSR count). The minimum Gasteiger partial charge on any atom is -0.302 e. The van der Waals surface area contributed by atoms with Gasteiger partial charge in [-0.2, -0.15) is 0 Å². The number of piperidine rings is 1. The number of benzene rings is 1. The number of nitrogens with one attached hydrogen (secondary N) is 1. The summed E-state index contributed by atoms with van der Waals surface area (Å²) in [5.41, 5.74) is 1.96. The van der Waals surface area contributed by atoms with E-state index in [4.69, 9.17) is 0 Å². The van der Waals surface area contributed by atoms with Crippen LogP contribution in [-0.4, -0.2) is 34.3 Å². The average Bonchev–Trinajstić information content (AvgIpc) is 3.28. The Balaban J connectivity index is 1.49. The van der Waals surface area contributed by atoms with Gasteiger partial charge in [0.15, 0.2) is 0 Å². The molecule has 0 bridgehead atoms. The van der Waals surface area contributed by atoms with Gasteiger partial charge in [0.25, 0.3) is 5.56 Å². The number of hydrogen-bond donors (Lipinski definition) is 1. The number of nitrogens with zero attached hydrogens (tertiary/aromatic N) is 2. The van der Waals surface area contributed by atoms with Crippen LogP contribution in [0.5, 0.6) is 0 Å². The van der Waals surface area contributed by atoms with Crippen LogP contribution in [0.2, 0.25) is 0 Å². The van der Waals surface area contributed by atoms with Gasteiger partial charge in [-0.15, -0.1) is 11.3 Å². The van der Waals surface area contributed by atoms with Crippen LogP contribution in [0, 0.1) is 0 Å². The SMILES string of the molecule is O=c1[nH]n(CCN2CCCCC2)cc1-c1ccc(-c2ccccc2)s1. The van der Waals surface area contributed by atoms with Gasteiger partial charge in [0, 0.05) is 22.5 Å². The van der Waals surface area contributed by atoms with Crippen LogP contribution >= 0.6 is 11.3 Å². The van der Waals surface area contributed by atoms with Crippen molar-refractivity contribution < 1.29 is 0 Å². The standard InChI is InChI=1S/C20H23N3OS/c24-20-17(15-23(21-20)14-13-22-11-5-2-6-12-22)19-10-9-18(25-19)16-7-3-1-4-8-16/h1,3-4,7-10,15H,2,5-6,11-14H2,(H,21,24). The van der Waals surface area contributed by atoms with E-state index in [1.165, 1.54) is 42.8 Å². The zero-order chi connectivity index (χ0) is 17.1. The van der Waals surface area contributed by atoms with Crippen LogP contribution in [0.25, 0.3) is 20.9 Å². The monoisotopic (exact) mass is 353 g/mol. The predicted molar refractivity (Wildman–Crippen MR) is 104 cm³/mol. The Hall–Kier alpha value is -2.11. The van der Waals surface area contributed by atoms with E-state index in [-0.39, 0.29) is 5.56 Å².